The molecule has 1 unspecified atom stereocenters. The van der Waals surface area contributed by atoms with Gasteiger partial charge in [0.15, 0.2) is 5.82 Å². The van der Waals surface area contributed by atoms with E-state index in [4.69, 9.17) is 4.52 Å². The molecule has 1 aromatic carbocycles. The molecule has 0 aliphatic carbocycles. The Morgan fingerprint density at radius 1 is 1.26 bits per heavy atom. The van der Waals surface area contributed by atoms with Gasteiger partial charge in [-0.05, 0) is 31.7 Å². The third-order valence-electron chi connectivity index (χ3n) is 3.26. The highest BCUT2D eigenvalue weighted by atomic mass is 19.1. The van der Waals surface area contributed by atoms with Crippen molar-refractivity contribution in [3.63, 3.8) is 0 Å². The van der Waals surface area contributed by atoms with Crippen molar-refractivity contribution in [1.29, 1.82) is 0 Å². The zero-order chi connectivity index (χ0) is 16.7. The van der Waals surface area contributed by atoms with Crippen LogP contribution < -0.4 is 16.0 Å². The largest absolute Gasteiger partial charge is 0.337 e. The fourth-order valence-corrected chi connectivity index (χ4v) is 1.82. The van der Waals surface area contributed by atoms with Crippen molar-refractivity contribution in [2.75, 3.05) is 7.05 Å². The Morgan fingerprint density at radius 3 is 2.65 bits per heavy atom. The molecule has 7 nitrogen and oxygen atoms in total. The molecular formula is C15H20FN5O2. The maximum atomic E-state index is 12.8. The van der Waals surface area contributed by atoms with Crippen LogP contribution in [0.15, 0.2) is 28.8 Å². The van der Waals surface area contributed by atoms with E-state index in [9.17, 15) is 9.18 Å². The molecule has 0 spiro atoms. The predicted octanol–water partition coefficient (Wildman–Crippen LogP) is 1.36. The summed E-state index contributed by atoms with van der Waals surface area (Å²) in [5.41, 5.74) is 0.808. The standard InChI is InChI=1S/C15H20FN5O2/c1-10(17-2)7-13-20-14(23-21-13)9-19-15(22)18-8-11-3-5-12(16)6-4-11/h3-6,10,17H,7-9H2,1-2H3,(H2,18,19,22). The molecule has 0 bridgehead atoms. The van der Waals surface area contributed by atoms with Gasteiger partial charge < -0.3 is 20.5 Å². The summed E-state index contributed by atoms with van der Waals surface area (Å²) in [6.45, 7) is 2.47. The lowest BCUT2D eigenvalue weighted by atomic mass is 10.2. The van der Waals surface area contributed by atoms with Gasteiger partial charge in [-0.25, -0.2) is 9.18 Å². The molecule has 2 rings (SSSR count). The lowest BCUT2D eigenvalue weighted by Crippen LogP contribution is -2.34. The molecule has 0 aliphatic rings. The van der Waals surface area contributed by atoms with Crippen LogP contribution in [0.1, 0.15) is 24.2 Å². The summed E-state index contributed by atoms with van der Waals surface area (Å²) >= 11 is 0. The number of nitrogens with one attached hydrogen (secondary N) is 3. The Kier molecular flexibility index (Phi) is 6.04. The van der Waals surface area contributed by atoms with Gasteiger partial charge in [-0.2, -0.15) is 4.98 Å². The smallest absolute Gasteiger partial charge is 0.315 e. The average Bonchev–Trinajstić information content (AvgIpc) is 2.99. The van der Waals surface area contributed by atoms with Crippen molar-refractivity contribution >= 4 is 6.03 Å². The molecule has 8 heteroatoms. The summed E-state index contributed by atoms with van der Waals surface area (Å²) < 4.78 is 17.8. The average molecular weight is 321 g/mol. The van der Waals surface area contributed by atoms with Crippen LogP contribution in [-0.2, 0) is 19.5 Å². The summed E-state index contributed by atoms with van der Waals surface area (Å²) in [5, 5.41) is 12.2. The number of urea groups is 1. The number of halogens is 1. The number of carbonyl (C=O) groups excluding carboxylic acids is 1. The molecule has 2 amide bonds. The van der Waals surface area contributed by atoms with Crippen molar-refractivity contribution in [3.8, 4) is 0 Å². The number of aromatic nitrogens is 2. The normalized spacial score (nSPS) is 12.0. The number of carbonyl (C=O) groups is 1. The van der Waals surface area contributed by atoms with Gasteiger partial charge in [-0.1, -0.05) is 17.3 Å². The SMILES string of the molecule is CNC(C)Cc1noc(CNC(=O)NCc2ccc(F)cc2)n1. The molecule has 0 fully saturated rings. The van der Waals surface area contributed by atoms with E-state index < -0.39 is 0 Å². The van der Waals surface area contributed by atoms with Crippen LogP contribution in [0.25, 0.3) is 0 Å². The molecule has 1 atom stereocenters. The van der Waals surface area contributed by atoms with Crippen molar-refractivity contribution in [2.45, 2.75) is 32.5 Å². The van der Waals surface area contributed by atoms with Gasteiger partial charge in [0.2, 0.25) is 5.89 Å². The summed E-state index contributed by atoms with van der Waals surface area (Å²) in [6, 6.07) is 5.80. The minimum absolute atomic E-state index is 0.149. The Bertz CT molecular complexity index is 629. The molecule has 1 heterocycles. The molecule has 0 saturated carbocycles. The molecular weight excluding hydrogens is 301 g/mol. The van der Waals surface area contributed by atoms with E-state index in [2.05, 4.69) is 26.1 Å². The van der Waals surface area contributed by atoms with E-state index in [0.717, 1.165) is 5.56 Å². The zero-order valence-electron chi connectivity index (χ0n) is 13.1. The maximum Gasteiger partial charge on any atom is 0.315 e. The number of rotatable bonds is 7. The number of hydrogen-bond donors (Lipinski definition) is 3. The van der Waals surface area contributed by atoms with Crippen LogP contribution in [0.5, 0.6) is 0 Å². The second kappa shape index (κ2) is 8.23. The molecule has 0 saturated heterocycles. The summed E-state index contributed by atoms with van der Waals surface area (Å²) in [4.78, 5) is 15.9. The van der Waals surface area contributed by atoms with Gasteiger partial charge in [-0.15, -0.1) is 0 Å². The van der Waals surface area contributed by atoms with Crippen LogP contribution in [0.4, 0.5) is 9.18 Å². The van der Waals surface area contributed by atoms with Crippen molar-refractivity contribution in [2.24, 2.45) is 0 Å². The molecule has 1 aromatic heterocycles. The third-order valence-corrected chi connectivity index (χ3v) is 3.26. The topological polar surface area (TPSA) is 92.1 Å². The summed E-state index contributed by atoms with van der Waals surface area (Å²) in [5.74, 6) is 0.633. The zero-order valence-corrected chi connectivity index (χ0v) is 13.1. The fraction of sp³-hybridized carbons (Fsp3) is 0.400. The number of nitrogens with zero attached hydrogens (tertiary/aromatic N) is 2. The lowest BCUT2D eigenvalue weighted by molar-refractivity contribution is 0.238. The predicted molar refractivity (Wildman–Crippen MR) is 82.0 cm³/mol. The molecule has 0 radical (unpaired) electrons. The van der Waals surface area contributed by atoms with Crippen molar-refractivity contribution in [1.82, 2.24) is 26.1 Å². The first-order valence-corrected chi connectivity index (χ1v) is 7.31. The van der Waals surface area contributed by atoms with Crippen LogP contribution in [0.2, 0.25) is 0 Å². The van der Waals surface area contributed by atoms with Crippen LogP contribution in [0.3, 0.4) is 0 Å². The Hall–Kier alpha value is -2.48. The highest BCUT2D eigenvalue weighted by Gasteiger charge is 2.10. The van der Waals surface area contributed by atoms with Gasteiger partial charge in [0.25, 0.3) is 0 Å². The van der Waals surface area contributed by atoms with Gasteiger partial charge in [-0.3, -0.25) is 0 Å². The molecule has 0 aliphatic heterocycles. The summed E-state index contributed by atoms with van der Waals surface area (Å²) in [6.07, 6.45) is 0.650. The van der Waals surface area contributed by atoms with Crippen LogP contribution in [-0.4, -0.2) is 29.3 Å². The Labute approximate surface area is 133 Å². The van der Waals surface area contributed by atoms with E-state index in [1.54, 1.807) is 12.1 Å². The molecule has 124 valence electrons. The lowest BCUT2D eigenvalue weighted by Gasteiger charge is -2.06. The van der Waals surface area contributed by atoms with Gasteiger partial charge in [0, 0.05) is 19.0 Å². The maximum absolute atomic E-state index is 12.8. The number of benzene rings is 1. The minimum atomic E-state index is -0.363. The monoisotopic (exact) mass is 321 g/mol. The highest BCUT2D eigenvalue weighted by molar-refractivity contribution is 5.73. The number of amides is 2. The van der Waals surface area contributed by atoms with E-state index in [0.29, 0.717) is 24.7 Å². The second-order valence-electron chi connectivity index (χ2n) is 5.16. The second-order valence-corrected chi connectivity index (χ2v) is 5.16. The van der Waals surface area contributed by atoms with Crippen molar-refractivity contribution in [3.05, 3.63) is 47.4 Å². The Morgan fingerprint density at radius 2 is 1.96 bits per heavy atom. The van der Waals surface area contributed by atoms with Crippen molar-refractivity contribution < 1.29 is 13.7 Å². The number of hydrogen-bond acceptors (Lipinski definition) is 5. The van der Waals surface area contributed by atoms with Crippen LogP contribution >= 0.6 is 0 Å². The van der Waals surface area contributed by atoms with E-state index in [-0.39, 0.29) is 24.4 Å². The first-order chi connectivity index (χ1) is 11.1. The Balaban J connectivity index is 1.72. The number of likely N-dealkylation sites (N-methyl/N-ethyl adjacent to an activating group) is 1. The molecule has 23 heavy (non-hydrogen) atoms. The molecule has 2 aromatic rings. The van der Waals surface area contributed by atoms with Gasteiger partial charge in [0.05, 0.1) is 6.54 Å². The van der Waals surface area contributed by atoms with E-state index >= 15 is 0 Å². The van der Waals surface area contributed by atoms with Gasteiger partial charge in [0.1, 0.15) is 5.82 Å². The van der Waals surface area contributed by atoms with E-state index in [1.807, 2.05) is 14.0 Å². The third kappa shape index (κ3) is 5.67. The van der Waals surface area contributed by atoms with Crippen LogP contribution in [0, 0.1) is 5.82 Å². The molecule has 3 N–H and O–H groups in total. The first-order valence-electron chi connectivity index (χ1n) is 7.31. The minimum Gasteiger partial charge on any atom is -0.337 e. The quantitative estimate of drug-likeness (QED) is 0.716. The van der Waals surface area contributed by atoms with Gasteiger partial charge >= 0.3 is 6.03 Å². The summed E-state index contributed by atoms with van der Waals surface area (Å²) in [7, 11) is 1.86. The van der Waals surface area contributed by atoms with E-state index in [1.165, 1.54) is 12.1 Å². The highest BCUT2D eigenvalue weighted by Crippen LogP contribution is 2.02. The fourth-order valence-electron chi connectivity index (χ4n) is 1.82. The first kappa shape index (κ1) is 16.9.